The average Bonchev–Trinajstić information content (AvgIpc) is 2.48. The number of hydrogen-bond donors (Lipinski definition) is 2. The van der Waals surface area contributed by atoms with Crippen molar-refractivity contribution in [3.63, 3.8) is 0 Å². The van der Waals surface area contributed by atoms with Crippen LogP contribution in [0, 0.1) is 0 Å². The van der Waals surface area contributed by atoms with Gasteiger partial charge >= 0.3 is 0 Å². The summed E-state index contributed by atoms with van der Waals surface area (Å²) in [5.41, 5.74) is -1.02. The van der Waals surface area contributed by atoms with Crippen LogP contribution in [0.3, 0.4) is 0 Å². The van der Waals surface area contributed by atoms with Crippen LogP contribution < -0.4 is 5.32 Å². The van der Waals surface area contributed by atoms with Gasteiger partial charge in [0.05, 0.1) is 11.2 Å². The van der Waals surface area contributed by atoms with Crippen LogP contribution in [0.2, 0.25) is 0 Å². The lowest BCUT2D eigenvalue weighted by Gasteiger charge is -2.27. The van der Waals surface area contributed by atoms with Gasteiger partial charge in [0, 0.05) is 6.54 Å². The van der Waals surface area contributed by atoms with Crippen molar-refractivity contribution in [1.29, 1.82) is 0 Å². The summed E-state index contributed by atoms with van der Waals surface area (Å²) >= 11 is 0. The first-order chi connectivity index (χ1) is 8.31. The number of carbonyl (C=O) groups is 1. The Morgan fingerprint density at radius 2 is 1.78 bits per heavy atom. The van der Waals surface area contributed by atoms with Crippen molar-refractivity contribution in [3.05, 3.63) is 0 Å². The Hall–Kier alpha value is -0.610. The van der Waals surface area contributed by atoms with E-state index in [2.05, 4.69) is 5.32 Å². The summed E-state index contributed by atoms with van der Waals surface area (Å²) in [4.78, 5) is 11.6. The summed E-state index contributed by atoms with van der Waals surface area (Å²) < 4.78 is 5.39. The van der Waals surface area contributed by atoms with Crippen LogP contribution in [-0.4, -0.2) is 35.4 Å². The summed E-state index contributed by atoms with van der Waals surface area (Å²) in [5.74, 6) is -0.150. The van der Waals surface area contributed by atoms with Crippen molar-refractivity contribution in [2.45, 2.75) is 70.5 Å². The quantitative estimate of drug-likeness (QED) is 0.757. The molecule has 0 aromatic carbocycles. The summed E-state index contributed by atoms with van der Waals surface area (Å²) in [7, 11) is 0. The molecule has 0 radical (unpaired) electrons. The zero-order valence-corrected chi connectivity index (χ0v) is 11.9. The van der Waals surface area contributed by atoms with Crippen LogP contribution in [0.1, 0.15) is 59.3 Å². The van der Waals surface area contributed by atoms with E-state index in [1.54, 1.807) is 0 Å². The summed E-state index contributed by atoms with van der Waals surface area (Å²) in [5, 5.41) is 13.2. The third-order valence-corrected chi connectivity index (χ3v) is 3.29. The molecule has 0 aliphatic heterocycles. The zero-order valence-electron chi connectivity index (χ0n) is 11.9. The molecule has 1 fully saturated rings. The fraction of sp³-hybridized carbons (Fsp3) is 0.929. The fourth-order valence-electron chi connectivity index (χ4n) is 2.16. The topological polar surface area (TPSA) is 58.6 Å². The molecule has 0 aromatic rings. The molecule has 1 amide bonds. The van der Waals surface area contributed by atoms with Gasteiger partial charge in [-0.1, -0.05) is 25.7 Å². The molecule has 0 unspecified atom stereocenters. The molecule has 0 spiro atoms. The maximum absolute atomic E-state index is 11.6. The predicted octanol–water partition coefficient (Wildman–Crippen LogP) is 2.00. The zero-order chi connectivity index (χ0) is 13.6. The Morgan fingerprint density at radius 3 is 2.28 bits per heavy atom. The first kappa shape index (κ1) is 15.4. The van der Waals surface area contributed by atoms with Gasteiger partial charge in [-0.2, -0.15) is 0 Å². The number of carbonyl (C=O) groups excluding carboxylic acids is 1. The molecule has 4 nitrogen and oxygen atoms in total. The van der Waals surface area contributed by atoms with Crippen molar-refractivity contribution >= 4 is 5.91 Å². The lowest BCUT2D eigenvalue weighted by atomic mass is 9.94. The molecule has 0 saturated heterocycles. The van der Waals surface area contributed by atoms with Crippen molar-refractivity contribution in [1.82, 2.24) is 5.32 Å². The van der Waals surface area contributed by atoms with Crippen LogP contribution in [0.25, 0.3) is 0 Å². The van der Waals surface area contributed by atoms with Crippen molar-refractivity contribution in [2.75, 3.05) is 13.2 Å². The molecular formula is C14H27NO3. The molecule has 1 aliphatic carbocycles. The molecule has 106 valence electrons. The highest BCUT2D eigenvalue weighted by Crippen LogP contribution is 2.26. The smallest absolute Gasteiger partial charge is 0.246 e. The second-order valence-electron chi connectivity index (χ2n) is 6.32. The van der Waals surface area contributed by atoms with Gasteiger partial charge in [-0.3, -0.25) is 4.79 Å². The minimum Gasteiger partial charge on any atom is -0.388 e. The summed E-state index contributed by atoms with van der Waals surface area (Å²) in [6, 6.07) is 0. The normalized spacial score (nSPS) is 20.2. The lowest BCUT2D eigenvalue weighted by molar-refractivity contribution is -0.131. The minimum atomic E-state index is -0.714. The van der Waals surface area contributed by atoms with Crippen LogP contribution in [0.4, 0.5) is 0 Å². The molecule has 0 atom stereocenters. The third kappa shape index (κ3) is 6.36. The number of ether oxygens (including phenoxy) is 1. The molecule has 2 N–H and O–H groups in total. The summed E-state index contributed by atoms with van der Waals surface area (Å²) in [6.45, 7) is 6.15. The number of rotatable bonds is 4. The molecule has 18 heavy (non-hydrogen) atoms. The lowest BCUT2D eigenvalue weighted by Crippen LogP contribution is -2.44. The highest BCUT2D eigenvalue weighted by molar-refractivity contribution is 5.77. The van der Waals surface area contributed by atoms with Gasteiger partial charge in [-0.05, 0) is 33.6 Å². The number of amides is 1. The maximum atomic E-state index is 11.6. The monoisotopic (exact) mass is 257 g/mol. The summed E-state index contributed by atoms with van der Waals surface area (Å²) in [6.07, 6.45) is 6.03. The van der Waals surface area contributed by atoms with E-state index < -0.39 is 5.60 Å². The van der Waals surface area contributed by atoms with Crippen LogP contribution in [-0.2, 0) is 9.53 Å². The minimum absolute atomic E-state index is 0.0551. The highest BCUT2D eigenvalue weighted by Gasteiger charge is 2.28. The van der Waals surface area contributed by atoms with E-state index in [1.165, 1.54) is 12.8 Å². The molecule has 1 aliphatic rings. The Balaban J connectivity index is 2.28. The molecular weight excluding hydrogens is 230 g/mol. The van der Waals surface area contributed by atoms with E-state index in [-0.39, 0.29) is 18.1 Å². The van der Waals surface area contributed by atoms with Crippen LogP contribution in [0.5, 0.6) is 0 Å². The number of aliphatic hydroxyl groups is 1. The molecule has 0 bridgehead atoms. The van der Waals surface area contributed by atoms with E-state index in [0.717, 1.165) is 25.7 Å². The molecule has 1 rings (SSSR count). The largest absolute Gasteiger partial charge is 0.388 e. The number of hydrogen-bond acceptors (Lipinski definition) is 3. The van der Waals surface area contributed by atoms with E-state index >= 15 is 0 Å². The van der Waals surface area contributed by atoms with Gasteiger partial charge in [0.15, 0.2) is 0 Å². The predicted molar refractivity (Wildman–Crippen MR) is 71.4 cm³/mol. The third-order valence-electron chi connectivity index (χ3n) is 3.29. The SMILES string of the molecule is CC(C)(C)OCC(=O)NCC1(O)CCCCCC1. The van der Waals surface area contributed by atoms with Crippen molar-refractivity contribution < 1.29 is 14.6 Å². The Kier molecular flexibility index (Phi) is 5.60. The van der Waals surface area contributed by atoms with Crippen molar-refractivity contribution in [3.8, 4) is 0 Å². The second-order valence-corrected chi connectivity index (χ2v) is 6.32. The van der Waals surface area contributed by atoms with Gasteiger partial charge in [-0.15, -0.1) is 0 Å². The van der Waals surface area contributed by atoms with E-state index in [1.807, 2.05) is 20.8 Å². The van der Waals surface area contributed by atoms with Gasteiger partial charge in [0.2, 0.25) is 5.91 Å². The molecule has 0 aromatic heterocycles. The maximum Gasteiger partial charge on any atom is 0.246 e. The van der Waals surface area contributed by atoms with E-state index in [4.69, 9.17) is 4.74 Å². The van der Waals surface area contributed by atoms with E-state index in [0.29, 0.717) is 6.54 Å². The van der Waals surface area contributed by atoms with Crippen molar-refractivity contribution in [2.24, 2.45) is 0 Å². The van der Waals surface area contributed by atoms with Gasteiger partial charge in [-0.25, -0.2) is 0 Å². The van der Waals surface area contributed by atoms with Gasteiger partial charge < -0.3 is 15.2 Å². The molecule has 0 heterocycles. The number of nitrogens with one attached hydrogen (secondary N) is 1. The first-order valence-electron chi connectivity index (χ1n) is 6.94. The highest BCUT2D eigenvalue weighted by atomic mass is 16.5. The van der Waals surface area contributed by atoms with E-state index in [9.17, 15) is 9.90 Å². The first-order valence-corrected chi connectivity index (χ1v) is 6.94. The van der Waals surface area contributed by atoms with Crippen LogP contribution in [0.15, 0.2) is 0 Å². The Morgan fingerprint density at radius 1 is 1.22 bits per heavy atom. The van der Waals surface area contributed by atoms with Crippen LogP contribution >= 0.6 is 0 Å². The van der Waals surface area contributed by atoms with Gasteiger partial charge in [0.1, 0.15) is 6.61 Å². The average molecular weight is 257 g/mol. The fourth-order valence-corrected chi connectivity index (χ4v) is 2.16. The Bertz CT molecular complexity index is 263. The Labute approximate surface area is 110 Å². The van der Waals surface area contributed by atoms with Gasteiger partial charge in [0.25, 0.3) is 0 Å². The molecule has 4 heteroatoms. The standard InChI is InChI=1S/C14H27NO3/c1-13(2,3)18-10-12(16)15-11-14(17)8-6-4-5-7-9-14/h17H,4-11H2,1-3H3,(H,15,16). The molecule has 1 saturated carbocycles. The second kappa shape index (κ2) is 6.53.